The summed E-state index contributed by atoms with van der Waals surface area (Å²) in [4.78, 5) is 5.26. The second kappa shape index (κ2) is 9.38. The predicted octanol–water partition coefficient (Wildman–Crippen LogP) is 3.64. The van der Waals surface area contributed by atoms with Gasteiger partial charge in [-0.2, -0.15) is 0 Å². The smallest absolute Gasteiger partial charge is 0.106 e. The average molecular weight is 372 g/mol. The Balaban J connectivity index is 2.80. The molecule has 0 radical (unpaired) electrons. The highest BCUT2D eigenvalue weighted by Gasteiger charge is 2.12. The molecule has 0 spiro atoms. The van der Waals surface area contributed by atoms with Crippen LogP contribution < -0.4 is 10.6 Å². The normalized spacial score (nSPS) is 10.9. The molecule has 0 fully saturated rings. The van der Waals surface area contributed by atoms with Gasteiger partial charge in [-0.3, -0.25) is 0 Å². The van der Waals surface area contributed by atoms with Crippen molar-refractivity contribution in [1.29, 1.82) is 0 Å². The topological polar surface area (TPSA) is 32.5 Å². The summed E-state index contributed by atoms with van der Waals surface area (Å²) >= 11 is 8.72. The zero-order valence-electron chi connectivity index (χ0n) is 13.2. The molecule has 0 aliphatic carbocycles. The maximum absolute atomic E-state index is 5.86. The maximum atomic E-state index is 5.86. The van der Waals surface area contributed by atoms with Crippen molar-refractivity contribution in [3.8, 4) is 0 Å². The molecule has 118 valence electrons. The molecule has 3 nitrogen and oxygen atoms in total. The third-order valence-corrected chi connectivity index (χ3v) is 4.46. The Morgan fingerprint density at radius 3 is 2.33 bits per heavy atom. The van der Waals surface area contributed by atoms with Crippen molar-refractivity contribution in [2.75, 3.05) is 37.6 Å². The van der Waals surface area contributed by atoms with E-state index in [0.717, 1.165) is 54.9 Å². The van der Waals surface area contributed by atoms with Gasteiger partial charge in [-0.15, -0.1) is 0 Å². The number of halogens is 1. The second-order valence-electron chi connectivity index (χ2n) is 4.99. The maximum Gasteiger partial charge on any atom is 0.106 e. The largest absolute Gasteiger partial charge is 0.389 e. The zero-order chi connectivity index (χ0) is 15.8. The number of rotatable bonds is 9. The Labute approximate surface area is 142 Å². The molecule has 1 rings (SSSR count). The van der Waals surface area contributed by atoms with E-state index in [1.165, 1.54) is 0 Å². The highest BCUT2D eigenvalue weighted by Crippen LogP contribution is 2.25. The van der Waals surface area contributed by atoms with E-state index in [4.69, 9.17) is 18.0 Å². The number of thiocarbonyl (C=S) groups is 1. The molecule has 0 amide bonds. The molecule has 0 aliphatic heterocycles. The number of benzene rings is 1. The van der Waals surface area contributed by atoms with Crippen LogP contribution in [0.4, 0.5) is 5.69 Å². The molecule has 0 bridgehead atoms. The molecule has 1 aromatic carbocycles. The van der Waals surface area contributed by atoms with Crippen LogP contribution in [0.3, 0.4) is 0 Å². The first-order chi connectivity index (χ1) is 10.0. The van der Waals surface area contributed by atoms with Crippen LogP contribution in [-0.4, -0.2) is 42.6 Å². The SMILES string of the molecule is CCN(CC)CCCN(CC)c1cc(Br)ccc1C(N)=S. The summed E-state index contributed by atoms with van der Waals surface area (Å²) in [7, 11) is 0. The fourth-order valence-corrected chi connectivity index (χ4v) is 2.97. The lowest BCUT2D eigenvalue weighted by molar-refractivity contribution is 0.301. The summed E-state index contributed by atoms with van der Waals surface area (Å²) < 4.78 is 1.06. The summed E-state index contributed by atoms with van der Waals surface area (Å²) in [6, 6.07) is 6.09. The monoisotopic (exact) mass is 371 g/mol. The van der Waals surface area contributed by atoms with Crippen molar-refractivity contribution in [3.05, 3.63) is 28.2 Å². The molecule has 1 aromatic rings. The Hall–Kier alpha value is -0.650. The van der Waals surface area contributed by atoms with Crippen LogP contribution in [0, 0.1) is 0 Å². The van der Waals surface area contributed by atoms with E-state index in [1.807, 2.05) is 12.1 Å². The highest BCUT2D eigenvalue weighted by atomic mass is 79.9. The first-order valence-corrected chi connectivity index (χ1v) is 8.80. The number of hydrogen-bond acceptors (Lipinski definition) is 3. The third kappa shape index (κ3) is 5.57. The molecule has 0 unspecified atom stereocenters. The zero-order valence-corrected chi connectivity index (χ0v) is 15.6. The van der Waals surface area contributed by atoms with Crippen LogP contribution in [-0.2, 0) is 0 Å². The van der Waals surface area contributed by atoms with Gasteiger partial charge < -0.3 is 15.5 Å². The summed E-state index contributed by atoms with van der Waals surface area (Å²) in [5, 5.41) is 0. The summed E-state index contributed by atoms with van der Waals surface area (Å²) in [6.07, 6.45) is 1.14. The first-order valence-electron chi connectivity index (χ1n) is 7.60. The molecule has 0 heterocycles. The van der Waals surface area contributed by atoms with E-state index in [1.54, 1.807) is 0 Å². The molecule has 0 atom stereocenters. The van der Waals surface area contributed by atoms with Gasteiger partial charge in [0.1, 0.15) is 4.99 Å². The highest BCUT2D eigenvalue weighted by molar-refractivity contribution is 9.10. The Kier molecular flexibility index (Phi) is 8.22. The summed E-state index contributed by atoms with van der Waals surface area (Å²) in [6.45, 7) is 11.9. The van der Waals surface area contributed by atoms with Gasteiger partial charge in [-0.25, -0.2) is 0 Å². The first kappa shape index (κ1) is 18.4. The van der Waals surface area contributed by atoms with Crippen LogP contribution >= 0.6 is 28.1 Å². The van der Waals surface area contributed by atoms with Crippen molar-refractivity contribution in [2.24, 2.45) is 5.73 Å². The molecular formula is C16H26BrN3S. The summed E-state index contributed by atoms with van der Waals surface area (Å²) in [5.74, 6) is 0. The van der Waals surface area contributed by atoms with E-state index >= 15 is 0 Å². The quantitative estimate of drug-likeness (QED) is 0.671. The van der Waals surface area contributed by atoms with Gasteiger partial charge in [0.05, 0.1) is 0 Å². The van der Waals surface area contributed by atoms with Crippen molar-refractivity contribution in [2.45, 2.75) is 27.2 Å². The van der Waals surface area contributed by atoms with Gasteiger partial charge in [-0.1, -0.05) is 42.0 Å². The molecule has 0 aliphatic rings. The van der Waals surface area contributed by atoms with Gasteiger partial charge in [0, 0.05) is 28.8 Å². The summed E-state index contributed by atoms with van der Waals surface area (Å²) in [5.41, 5.74) is 7.94. The molecule has 2 N–H and O–H groups in total. The standard InChI is InChI=1S/C16H26BrN3S/c1-4-19(5-2)10-7-11-20(6-3)15-12-13(17)8-9-14(15)16(18)21/h8-9,12H,4-7,10-11H2,1-3H3,(H2,18,21). The van der Waals surface area contributed by atoms with Crippen LogP contribution in [0.1, 0.15) is 32.8 Å². The minimum atomic E-state index is 0.458. The van der Waals surface area contributed by atoms with Gasteiger partial charge >= 0.3 is 0 Å². The minimum absolute atomic E-state index is 0.458. The lowest BCUT2D eigenvalue weighted by Gasteiger charge is -2.27. The molecule has 21 heavy (non-hydrogen) atoms. The van der Waals surface area contributed by atoms with Crippen LogP contribution in [0.25, 0.3) is 0 Å². The molecular weight excluding hydrogens is 346 g/mol. The lowest BCUT2D eigenvalue weighted by atomic mass is 10.1. The fourth-order valence-electron chi connectivity index (χ4n) is 2.45. The van der Waals surface area contributed by atoms with Gasteiger partial charge in [0.25, 0.3) is 0 Å². The van der Waals surface area contributed by atoms with Crippen molar-refractivity contribution in [1.82, 2.24) is 4.90 Å². The van der Waals surface area contributed by atoms with Gasteiger partial charge in [-0.05, 0) is 51.2 Å². The van der Waals surface area contributed by atoms with E-state index in [2.05, 4.69) is 52.6 Å². The van der Waals surface area contributed by atoms with Crippen molar-refractivity contribution in [3.63, 3.8) is 0 Å². The van der Waals surface area contributed by atoms with Crippen LogP contribution in [0.2, 0.25) is 0 Å². The van der Waals surface area contributed by atoms with E-state index in [-0.39, 0.29) is 0 Å². The molecule has 0 aromatic heterocycles. The minimum Gasteiger partial charge on any atom is -0.389 e. The van der Waals surface area contributed by atoms with E-state index in [9.17, 15) is 0 Å². The Morgan fingerprint density at radius 2 is 1.81 bits per heavy atom. The molecule has 5 heteroatoms. The van der Waals surface area contributed by atoms with Crippen molar-refractivity contribution >= 4 is 38.8 Å². The van der Waals surface area contributed by atoms with E-state index in [0.29, 0.717) is 4.99 Å². The van der Waals surface area contributed by atoms with Crippen molar-refractivity contribution < 1.29 is 0 Å². The van der Waals surface area contributed by atoms with Crippen LogP contribution in [0.15, 0.2) is 22.7 Å². The van der Waals surface area contributed by atoms with E-state index < -0.39 is 0 Å². The Bertz CT molecular complexity index is 461. The lowest BCUT2D eigenvalue weighted by Crippen LogP contribution is -2.31. The number of hydrogen-bond donors (Lipinski definition) is 1. The van der Waals surface area contributed by atoms with Crippen LogP contribution in [0.5, 0.6) is 0 Å². The fraction of sp³-hybridized carbons (Fsp3) is 0.562. The second-order valence-corrected chi connectivity index (χ2v) is 6.34. The number of anilines is 1. The third-order valence-electron chi connectivity index (χ3n) is 3.74. The molecule has 0 saturated carbocycles. The Morgan fingerprint density at radius 1 is 1.14 bits per heavy atom. The molecule has 0 saturated heterocycles. The van der Waals surface area contributed by atoms with Gasteiger partial charge in [0.15, 0.2) is 0 Å². The number of nitrogens with zero attached hydrogens (tertiary/aromatic N) is 2. The predicted molar refractivity (Wildman–Crippen MR) is 100 cm³/mol. The number of nitrogens with two attached hydrogens (primary N) is 1. The van der Waals surface area contributed by atoms with Gasteiger partial charge in [0.2, 0.25) is 0 Å². The average Bonchev–Trinajstić information content (AvgIpc) is 2.47.